The van der Waals surface area contributed by atoms with E-state index >= 15 is 0 Å². The molecule has 0 unspecified atom stereocenters. The lowest BCUT2D eigenvalue weighted by atomic mass is 10.2. The van der Waals surface area contributed by atoms with Crippen molar-refractivity contribution >= 4 is 11.9 Å². The van der Waals surface area contributed by atoms with E-state index in [1.165, 1.54) is 0 Å². The van der Waals surface area contributed by atoms with Gasteiger partial charge in [-0.1, -0.05) is 12.1 Å². The maximum absolute atomic E-state index is 11.0. The molecule has 15 heavy (non-hydrogen) atoms. The maximum atomic E-state index is 11.0. The van der Waals surface area contributed by atoms with E-state index in [9.17, 15) is 4.79 Å². The third-order valence-electron chi connectivity index (χ3n) is 1.81. The number of carbonyl (C=O) groups is 1. The monoisotopic (exact) mass is 216 g/mol. The number of amides is 2. The van der Waals surface area contributed by atoms with Gasteiger partial charge in [-0.2, -0.15) is 0 Å². The molecule has 0 heterocycles. The van der Waals surface area contributed by atoms with E-state index in [1.807, 2.05) is 6.92 Å². The van der Waals surface area contributed by atoms with Gasteiger partial charge in [0.05, 0.1) is 0 Å². The molecule has 0 aromatic carbocycles. The molecular weight excluding hydrogens is 196 g/mol. The van der Waals surface area contributed by atoms with Gasteiger partial charge in [0.2, 0.25) is 0 Å². The zero-order chi connectivity index (χ0) is 11.5. The van der Waals surface area contributed by atoms with Crippen LogP contribution in [0.15, 0.2) is 5.16 Å². The summed E-state index contributed by atoms with van der Waals surface area (Å²) in [6, 6.07) is -0.138. The first-order chi connectivity index (χ1) is 7.20. The maximum Gasteiger partial charge on any atom is 0.314 e. The summed E-state index contributed by atoms with van der Waals surface area (Å²) in [5.41, 5.74) is 5.28. The van der Waals surface area contributed by atoms with E-state index in [1.54, 1.807) is 0 Å². The van der Waals surface area contributed by atoms with Gasteiger partial charge >= 0.3 is 6.03 Å². The number of hydrogen-bond donors (Lipinski definition) is 4. The van der Waals surface area contributed by atoms with Crippen LogP contribution < -0.4 is 16.4 Å². The van der Waals surface area contributed by atoms with Gasteiger partial charge in [-0.05, 0) is 19.3 Å². The molecule has 0 aliphatic carbocycles. The summed E-state index contributed by atoms with van der Waals surface area (Å²) in [7, 11) is 0. The van der Waals surface area contributed by atoms with Crippen LogP contribution in [0.1, 0.15) is 32.6 Å². The molecule has 0 aliphatic heterocycles. The molecule has 0 saturated heterocycles. The summed E-state index contributed by atoms with van der Waals surface area (Å²) < 4.78 is 0. The summed E-state index contributed by atoms with van der Waals surface area (Å²) >= 11 is 0. The Morgan fingerprint density at radius 1 is 1.33 bits per heavy atom. The second-order valence-electron chi connectivity index (χ2n) is 3.23. The van der Waals surface area contributed by atoms with E-state index < -0.39 is 0 Å². The van der Waals surface area contributed by atoms with Gasteiger partial charge < -0.3 is 21.6 Å². The lowest BCUT2D eigenvalue weighted by molar-refractivity contribution is 0.240. The number of oxime groups is 1. The molecular formula is C9H20N4O2. The lowest BCUT2D eigenvalue weighted by Crippen LogP contribution is -2.36. The predicted molar refractivity (Wildman–Crippen MR) is 59.0 cm³/mol. The molecule has 0 aromatic heterocycles. The van der Waals surface area contributed by atoms with E-state index in [-0.39, 0.29) is 11.9 Å². The first-order valence-electron chi connectivity index (χ1n) is 5.18. The van der Waals surface area contributed by atoms with Gasteiger partial charge in [-0.15, -0.1) is 0 Å². The molecule has 5 N–H and O–H groups in total. The zero-order valence-electron chi connectivity index (χ0n) is 9.12. The van der Waals surface area contributed by atoms with Gasteiger partial charge in [0.25, 0.3) is 0 Å². The smallest absolute Gasteiger partial charge is 0.314 e. The average molecular weight is 216 g/mol. The highest BCUT2D eigenvalue weighted by Crippen LogP contribution is 1.93. The van der Waals surface area contributed by atoms with Crippen molar-refractivity contribution in [2.75, 3.05) is 13.1 Å². The van der Waals surface area contributed by atoms with E-state index in [2.05, 4.69) is 15.8 Å². The SMILES string of the molecule is CCCNC(=O)NCCCCC(N)=NO. The lowest BCUT2D eigenvalue weighted by Gasteiger charge is -2.05. The van der Waals surface area contributed by atoms with Gasteiger partial charge in [-0.25, -0.2) is 4.79 Å². The second-order valence-corrected chi connectivity index (χ2v) is 3.23. The zero-order valence-corrected chi connectivity index (χ0v) is 9.12. The quantitative estimate of drug-likeness (QED) is 0.165. The fourth-order valence-electron chi connectivity index (χ4n) is 0.984. The molecule has 0 rings (SSSR count). The molecule has 6 nitrogen and oxygen atoms in total. The van der Waals surface area contributed by atoms with Crippen LogP contribution in [-0.2, 0) is 0 Å². The summed E-state index contributed by atoms with van der Waals surface area (Å²) in [5, 5.41) is 16.5. The van der Waals surface area contributed by atoms with Gasteiger partial charge in [0.15, 0.2) is 0 Å². The van der Waals surface area contributed by atoms with Crippen molar-refractivity contribution in [3.8, 4) is 0 Å². The van der Waals surface area contributed by atoms with Crippen LogP contribution in [0, 0.1) is 0 Å². The molecule has 0 radical (unpaired) electrons. The molecule has 0 bridgehead atoms. The third-order valence-corrected chi connectivity index (χ3v) is 1.81. The normalized spacial score (nSPS) is 11.1. The first-order valence-corrected chi connectivity index (χ1v) is 5.18. The molecule has 0 aliphatic rings. The number of rotatable bonds is 7. The van der Waals surface area contributed by atoms with Crippen LogP contribution in [-0.4, -0.2) is 30.2 Å². The third kappa shape index (κ3) is 8.86. The van der Waals surface area contributed by atoms with Crippen LogP contribution in [0.5, 0.6) is 0 Å². The number of nitrogens with one attached hydrogen (secondary N) is 2. The van der Waals surface area contributed by atoms with E-state index in [4.69, 9.17) is 10.9 Å². The van der Waals surface area contributed by atoms with Crippen LogP contribution >= 0.6 is 0 Å². The summed E-state index contributed by atoms with van der Waals surface area (Å²) in [4.78, 5) is 11.0. The van der Waals surface area contributed by atoms with Crippen molar-refractivity contribution in [1.29, 1.82) is 0 Å². The highest BCUT2D eigenvalue weighted by atomic mass is 16.4. The summed E-state index contributed by atoms with van der Waals surface area (Å²) in [5.74, 6) is 0.227. The fourth-order valence-corrected chi connectivity index (χ4v) is 0.984. The van der Waals surface area contributed by atoms with Gasteiger partial charge in [0.1, 0.15) is 5.84 Å². The molecule has 0 spiro atoms. The molecule has 0 fully saturated rings. The standard InChI is InChI=1S/C9H20N4O2/c1-2-6-11-9(14)12-7-4-3-5-8(10)13-15/h15H,2-7H2,1H3,(H2,10,13)(H2,11,12,14). The minimum atomic E-state index is -0.138. The topological polar surface area (TPSA) is 99.7 Å². The fraction of sp³-hybridized carbons (Fsp3) is 0.778. The van der Waals surface area contributed by atoms with Crippen molar-refractivity contribution in [3.63, 3.8) is 0 Å². The van der Waals surface area contributed by atoms with Crippen LogP contribution in [0.2, 0.25) is 0 Å². The molecule has 6 heteroatoms. The summed E-state index contributed by atoms with van der Waals surface area (Å²) in [6.45, 7) is 3.29. The second kappa shape index (κ2) is 9.11. The Hall–Kier alpha value is -1.46. The molecule has 0 aromatic rings. The van der Waals surface area contributed by atoms with Crippen molar-refractivity contribution in [3.05, 3.63) is 0 Å². The minimum Gasteiger partial charge on any atom is -0.409 e. The Morgan fingerprint density at radius 2 is 2.00 bits per heavy atom. The van der Waals surface area contributed by atoms with E-state index in [0.29, 0.717) is 19.5 Å². The van der Waals surface area contributed by atoms with Gasteiger partial charge in [0, 0.05) is 19.5 Å². The Kier molecular flexibility index (Phi) is 8.22. The van der Waals surface area contributed by atoms with Gasteiger partial charge in [-0.3, -0.25) is 0 Å². The Labute approximate surface area is 89.9 Å². The molecule has 0 atom stereocenters. The highest BCUT2D eigenvalue weighted by Gasteiger charge is 1.97. The largest absolute Gasteiger partial charge is 0.409 e. The Balaban J connectivity index is 3.27. The van der Waals surface area contributed by atoms with Crippen LogP contribution in [0.25, 0.3) is 0 Å². The van der Waals surface area contributed by atoms with Crippen LogP contribution in [0.4, 0.5) is 4.79 Å². The Bertz CT molecular complexity index is 206. The van der Waals surface area contributed by atoms with Crippen molar-refractivity contribution in [1.82, 2.24) is 10.6 Å². The first kappa shape index (κ1) is 13.5. The average Bonchev–Trinajstić information content (AvgIpc) is 2.25. The van der Waals surface area contributed by atoms with Crippen LogP contribution in [0.3, 0.4) is 0 Å². The van der Waals surface area contributed by atoms with Crippen molar-refractivity contribution < 1.29 is 10.0 Å². The number of unbranched alkanes of at least 4 members (excludes halogenated alkanes) is 1. The number of amidine groups is 1. The number of carbonyl (C=O) groups excluding carboxylic acids is 1. The van der Waals surface area contributed by atoms with Crippen molar-refractivity contribution in [2.45, 2.75) is 32.6 Å². The predicted octanol–water partition coefficient (Wildman–Crippen LogP) is 0.612. The minimum absolute atomic E-state index is 0.138. The molecule has 88 valence electrons. The number of hydrogen-bond acceptors (Lipinski definition) is 3. The summed E-state index contributed by atoms with van der Waals surface area (Å²) in [6.07, 6.45) is 3.09. The highest BCUT2D eigenvalue weighted by molar-refractivity contribution is 5.79. The van der Waals surface area contributed by atoms with Crippen molar-refractivity contribution in [2.24, 2.45) is 10.9 Å². The number of nitrogens with two attached hydrogens (primary N) is 1. The number of urea groups is 1. The molecule has 0 saturated carbocycles. The Morgan fingerprint density at radius 3 is 2.60 bits per heavy atom. The van der Waals surface area contributed by atoms with E-state index in [0.717, 1.165) is 19.3 Å². The molecule has 2 amide bonds. The number of nitrogens with zero attached hydrogens (tertiary/aromatic N) is 1.